The Morgan fingerprint density at radius 3 is 2.61 bits per heavy atom. The molecule has 1 saturated heterocycles. The Labute approximate surface area is 222 Å². The van der Waals surface area contributed by atoms with E-state index in [9.17, 15) is 9.00 Å². The van der Waals surface area contributed by atoms with Crippen LogP contribution in [0.1, 0.15) is 16.1 Å². The molecule has 4 rings (SSSR count). The highest BCUT2D eigenvalue weighted by atomic mass is 32.2. The third kappa shape index (κ3) is 7.73. The molecular weight excluding hydrogens is 504 g/mol. The number of carbonyl (C=O) groups excluding carboxylic acids is 1. The van der Waals surface area contributed by atoms with Gasteiger partial charge in [-0.2, -0.15) is 4.98 Å². The average Bonchev–Trinajstić information content (AvgIpc) is 2.91. The number of carbonyl (C=O) groups is 1. The summed E-state index contributed by atoms with van der Waals surface area (Å²) in [5.74, 6) is 0.713. The molecule has 0 radical (unpaired) electrons. The van der Waals surface area contributed by atoms with Crippen molar-refractivity contribution in [2.75, 3.05) is 60.9 Å². The highest BCUT2D eigenvalue weighted by Crippen LogP contribution is 2.23. The van der Waals surface area contributed by atoms with Gasteiger partial charge in [0.15, 0.2) is 0 Å². The van der Waals surface area contributed by atoms with E-state index in [0.717, 1.165) is 37.7 Å². The summed E-state index contributed by atoms with van der Waals surface area (Å²) in [6.45, 7) is 7.32. The van der Waals surface area contributed by atoms with E-state index in [-0.39, 0.29) is 23.8 Å². The molecule has 38 heavy (non-hydrogen) atoms. The van der Waals surface area contributed by atoms with E-state index in [2.05, 4.69) is 46.7 Å². The maximum absolute atomic E-state index is 12.8. The minimum atomic E-state index is -2.25. The van der Waals surface area contributed by atoms with Crippen molar-refractivity contribution >= 4 is 44.6 Å². The second kappa shape index (κ2) is 12.5. The lowest BCUT2D eigenvalue weighted by Gasteiger charge is -2.28. The minimum Gasteiger partial charge on any atom is -0.378 e. The summed E-state index contributed by atoms with van der Waals surface area (Å²) in [7, 11) is -2.25. The maximum atomic E-state index is 12.8. The first-order chi connectivity index (χ1) is 18.3. The van der Waals surface area contributed by atoms with Crippen molar-refractivity contribution in [3.8, 4) is 0 Å². The van der Waals surface area contributed by atoms with Crippen LogP contribution in [0.2, 0.25) is 0 Å². The number of pyridine rings is 1. The van der Waals surface area contributed by atoms with Gasteiger partial charge in [-0.05, 0) is 36.4 Å². The largest absolute Gasteiger partial charge is 0.378 e. The standard InChI is InChI=1S/C26H32N8O3S/c1-4-12-27-25(35)22-18-28-26(31-19-8-10-21(11-9-19)34-13-15-37-16-14-34)33-24(22)32-23-7-5-6-20(30-23)17-29-38(2,3)36/h4-11,18H,1,12-17H2,2-3H3,(H,27,35)(H2,28,30,31,32,33). The van der Waals surface area contributed by atoms with Crippen molar-refractivity contribution in [2.24, 2.45) is 4.36 Å². The molecule has 0 spiro atoms. The third-order valence-corrected chi connectivity index (χ3v) is 6.28. The van der Waals surface area contributed by atoms with Gasteiger partial charge in [0.1, 0.15) is 17.2 Å². The summed E-state index contributed by atoms with van der Waals surface area (Å²) >= 11 is 0. The molecule has 1 amide bonds. The first kappa shape index (κ1) is 27.0. The summed E-state index contributed by atoms with van der Waals surface area (Å²) in [4.78, 5) is 28.5. The lowest BCUT2D eigenvalue weighted by molar-refractivity contribution is 0.0958. The van der Waals surface area contributed by atoms with Gasteiger partial charge in [-0.15, -0.1) is 6.58 Å². The second-order valence-electron chi connectivity index (χ2n) is 8.83. The monoisotopic (exact) mass is 536 g/mol. The lowest BCUT2D eigenvalue weighted by atomic mass is 10.2. The van der Waals surface area contributed by atoms with Gasteiger partial charge in [0.25, 0.3) is 5.91 Å². The normalized spacial score (nSPS) is 13.5. The van der Waals surface area contributed by atoms with E-state index in [1.165, 1.54) is 6.20 Å². The Bertz CT molecular complexity index is 1390. The van der Waals surface area contributed by atoms with Crippen molar-refractivity contribution in [2.45, 2.75) is 6.54 Å². The lowest BCUT2D eigenvalue weighted by Crippen LogP contribution is -2.36. The first-order valence-electron chi connectivity index (χ1n) is 12.1. The zero-order valence-corrected chi connectivity index (χ0v) is 22.3. The number of aromatic nitrogens is 3. The molecule has 200 valence electrons. The quantitative estimate of drug-likeness (QED) is 0.334. The van der Waals surface area contributed by atoms with E-state index in [0.29, 0.717) is 24.0 Å². The molecule has 0 unspecified atom stereocenters. The predicted molar refractivity (Wildman–Crippen MR) is 151 cm³/mol. The number of nitrogens with one attached hydrogen (secondary N) is 3. The third-order valence-electron chi connectivity index (χ3n) is 5.53. The van der Waals surface area contributed by atoms with Crippen LogP contribution in [0.4, 0.5) is 29.0 Å². The molecule has 3 aromatic rings. The van der Waals surface area contributed by atoms with Crippen molar-refractivity contribution in [3.63, 3.8) is 0 Å². The number of benzene rings is 1. The maximum Gasteiger partial charge on any atom is 0.256 e. The molecule has 0 bridgehead atoms. The van der Waals surface area contributed by atoms with Crippen LogP contribution >= 0.6 is 0 Å². The van der Waals surface area contributed by atoms with Crippen molar-refractivity contribution in [3.05, 3.63) is 72.6 Å². The molecule has 0 aliphatic carbocycles. The molecule has 0 saturated carbocycles. The van der Waals surface area contributed by atoms with Gasteiger partial charge in [-0.1, -0.05) is 12.1 Å². The zero-order valence-electron chi connectivity index (χ0n) is 21.5. The minimum absolute atomic E-state index is 0.213. The number of amides is 1. The van der Waals surface area contributed by atoms with E-state index < -0.39 is 9.73 Å². The molecule has 1 fully saturated rings. The Morgan fingerprint density at radius 1 is 1.13 bits per heavy atom. The molecule has 3 N–H and O–H groups in total. The Kier molecular flexibility index (Phi) is 8.87. The smallest absolute Gasteiger partial charge is 0.256 e. The fourth-order valence-corrected chi connectivity index (χ4v) is 4.09. The van der Waals surface area contributed by atoms with Crippen LogP contribution < -0.4 is 20.9 Å². The van der Waals surface area contributed by atoms with Crippen LogP contribution in [-0.4, -0.2) is 70.4 Å². The molecule has 1 aliphatic rings. The van der Waals surface area contributed by atoms with Gasteiger partial charge >= 0.3 is 0 Å². The molecule has 1 aliphatic heterocycles. The van der Waals surface area contributed by atoms with Crippen LogP contribution in [0.15, 0.2) is 65.7 Å². The highest BCUT2D eigenvalue weighted by Gasteiger charge is 2.16. The molecule has 0 atom stereocenters. The van der Waals surface area contributed by atoms with Crippen LogP contribution in [0.5, 0.6) is 0 Å². The Balaban J connectivity index is 1.56. The van der Waals surface area contributed by atoms with Crippen LogP contribution in [-0.2, 0) is 21.0 Å². The number of anilines is 5. The van der Waals surface area contributed by atoms with Gasteiger partial charge in [0.2, 0.25) is 5.95 Å². The second-order valence-corrected chi connectivity index (χ2v) is 11.5. The number of hydrogen-bond donors (Lipinski definition) is 3. The van der Waals surface area contributed by atoms with Gasteiger partial charge in [-0.25, -0.2) is 14.3 Å². The highest BCUT2D eigenvalue weighted by molar-refractivity contribution is 7.92. The van der Waals surface area contributed by atoms with Gasteiger partial charge in [-0.3, -0.25) is 9.00 Å². The van der Waals surface area contributed by atoms with Crippen LogP contribution in [0, 0.1) is 0 Å². The van der Waals surface area contributed by atoms with Crippen LogP contribution in [0.3, 0.4) is 0 Å². The van der Waals surface area contributed by atoms with Gasteiger partial charge < -0.3 is 25.6 Å². The fourth-order valence-electron chi connectivity index (χ4n) is 3.65. The van der Waals surface area contributed by atoms with Gasteiger partial charge in [0, 0.05) is 59.4 Å². The molecule has 3 heterocycles. The predicted octanol–water partition coefficient (Wildman–Crippen LogP) is 3.34. The topological polar surface area (TPSA) is 134 Å². The summed E-state index contributed by atoms with van der Waals surface area (Å²) in [5.41, 5.74) is 2.82. The van der Waals surface area contributed by atoms with Gasteiger partial charge in [0.05, 0.1) is 25.5 Å². The molecule has 11 nitrogen and oxygen atoms in total. The molecule has 12 heteroatoms. The van der Waals surface area contributed by atoms with E-state index >= 15 is 0 Å². The van der Waals surface area contributed by atoms with E-state index in [4.69, 9.17) is 4.74 Å². The number of hydrogen-bond acceptors (Lipinski definition) is 10. The van der Waals surface area contributed by atoms with Crippen molar-refractivity contribution in [1.82, 2.24) is 20.3 Å². The SMILES string of the molecule is C=CCNC(=O)c1cnc(Nc2ccc(N3CCOCC3)cc2)nc1Nc1cccc(CN=S(C)(C)=O)n1. The van der Waals surface area contributed by atoms with Crippen LogP contribution in [0.25, 0.3) is 0 Å². The molecule has 2 aromatic heterocycles. The number of ether oxygens (including phenoxy) is 1. The van der Waals surface area contributed by atoms with Crippen molar-refractivity contribution in [1.29, 1.82) is 0 Å². The van der Waals surface area contributed by atoms with E-state index in [1.807, 2.05) is 24.3 Å². The summed E-state index contributed by atoms with van der Waals surface area (Å²) in [5, 5.41) is 9.07. The Hall–Kier alpha value is -4.03. The first-order valence-corrected chi connectivity index (χ1v) is 14.5. The van der Waals surface area contributed by atoms with E-state index in [1.54, 1.807) is 36.8 Å². The summed E-state index contributed by atoms with van der Waals surface area (Å²) in [6.07, 6.45) is 6.21. The zero-order chi connectivity index (χ0) is 27.0. The number of morpholine rings is 1. The summed E-state index contributed by atoms with van der Waals surface area (Å²) < 4.78 is 21.5. The average molecular weight is 537 g/mol. The number of rotatable bonds is 10. The fraction of sp³-hybridized carbons (Fsp3) is 0.308. The number of nitrogens with zero attached hydrogens (tertiary/aromatic N) is 5. The van der Waals surface area contributed by atoms with Crippen molar-refractivity contribution < 1.29 is 13.7 Å². The summed E-state index contributed by atoms with van der Waals surface area (Å²) in [6, 6.07) is 13.3. The molecule has 1 aromatic carbocycles. The molecular formula is C26H32N8O3S. The Morgan fingerprint density at radius 2 is 1.89 bits per heavy atom.